The van der Waals surface area contributed by atoms with Crippen LogP contribution < -0.4 is 0 Å². The van der Waals surface area contributed by atoms with Crippen molar-refractivity contribution in [1.82, 2.24) is 0 Å². The Morgan fingerprint density at radius 3 is 2.50 bits per heavy atom. The molecule has 0 spiro atoms. The molecule has 0 amide bonds. The zero-order valence-corrected chi connectivity index (χ0v) is 6.83. The second-order valence-electron chi connectivity index (χ2n) is 3.90. The van der Waals surface area contributed by atoms with Gasteiger partial charge in [0.1, 0.15) is 0 Å². The molecule has 10 heavy (non-hydrogen) atoms. The van der Waals surface area contributed by atoms with E-state index in [9.17, 15) is 0 Å². The molecule has 0 saturated heterocycles. The Balaban J connectivity index is 2.40. The van der Waals surface area contributed by atoms with Gasteiger partial charge in [0.2, 0.25) is 0 Å². The van der Waals surface area contributed by atoms with Crippen LogP contribution in [0, 0.1) is 5.41 Å². The summed E-state index contributed by atoms with van der Waals surface area (Å²) in [5.41, 5.74) is 0.359. The van der Waals surface area contributed by atoms with Crippen molar-refractivity contribution in [2.75, 3.05) is 0 Å². The summed E-state index contributed by atoms with van der Waals surface area (Å²) in [5.74, 6) is 0. The molecule has 0 radical (unpaired) electrons. The minimum atomic E-state index is 0.333. The normalized spacial score (nSPS) is 24.1. The minimum absolute atomic E-state index is 0.333. The molecule has 56 valence electrons. The highest BCUT2D eigenvalue weighted by molar-refractivity contribution is 4.97. The van der Waals surface area contributed by atoms with Crippen molar-refractivity contribution in [2.24, 2.45) is 15.6 Å². The van der Waals surface area contributed by atoms with Crippen molar-refractivity contribution in [2.45, 2.75) is 33.2 Å². The van der Waals surface area contributed by atoms with Crippen LogP contribution in [0.15, 0.2) is 22.5 Å². The van der Waals surface area contributed by atoms with Crippen molar-refractivity contribution < 1.29 is 0 Å². The molecule has 0 aromatic heterocycles. The fraction of sp³-hybridized carbons (Fsp3) is 0.750. The zero-order valence-electron chi connectivity index (χ0n) is 6.83. The summed E-state index contributed by atoms with van der Waals surface area (Å²) in [6.45, 7) is 6.65. The Kier molecular flexibility index (Phi) is 1.88. The van der Waals surface area contributed by atoms with E-state index in [1.165, 1.54) is 0 Å². The molecule has 0 fully saturated rings. The molecule has 1 aliphatic heterocycles. The number of rotatable bonds is 1. The standard InChI is InChI=1S/C8H14N2/c1-8(2,3)6-7-4-5-9-10-7/h4-5,7H,6H2,1-3H3. The lowest BCUT2D eigenvalue weighted by atomic mass is 9.88. The number of hydrogen-bond donors (Lipinski definition) is 0. The first kappa shape index (κ1) is 7.45. The van der Waals surface area contributed by atoms with E-state index in [1.807, 2.05) is 6.08 Å². The van der Waals surface area contributed by atoms with Gasteiger partial charge in [0.15, 0.2) is 0 Å². The second-order valence-corrected chi connectivity index (χ2v) is 3.90. The predicted octanol–water partition coefficient (Wildman–Crippen LogP) is 2.77. The smallest absolute Gasteiger partial charge is 0.0916 e. The van der Waals surface area contributed by atoms with Crippen LogP contribution in [0.1, 0.15) is 27.2 Å². The van der Waals surface area contributed by atoms with Crippen molar-refractivity contribution in [3.05, 3.63) is 12.3 Å². The maximum absolute atomic E-state index is 4.03. The average Bonchev–Trinajstić information content (AvgIpc) is 2.12. The van der Waals surface area contributed by atoms with Gasteiger partial charge in [0, 0.05) is 6.20 Å². The highest BCUT2D eigenvalue weighted by atomic mass is 15.1. The molecular weight excluding hydrogens is 124 g/mol. The highest BCUT2D eigenvalue weighted by Gasteiger charge is 2.17. The Morgan fingerprint density at radius 2 is 2.10 bits per heavy atom. The van der Waals surface area contributed by atoms with Crippen LogP contribution in [0.3, 0.4) is 0 Å². The van der Waals surface area contributed by atoms with E-state index in [0.29, 0.717) is 11.5 Å². The first-order valence-electron chi connectivity index (χ1n) is 3.64. The van der Waals surface area contributed by atoms with E-state index in [-0.39, 0.29) is 0 Å². The molecule has 0 aromatic carbocycles. The van der Waals surface area contributed by atoms with E-state index in [1.54, 1.807) is 6.20 Å². The summed E-state index contributed by atoms with van der Waals surface area (Å²) < 4.78 is 0. The van der Waals surface area contributed by atoms with E-state index in [0.717, 1.165) is 6.42 Å². The maximum atomic E-state index is 4.03. The van der Waals surface area contributed by atoms with Crippen LogP contribution in [0.5, 0.6) is 0 Å². The molecule has 0 aliphatic carbocycles. The van der Waals surface area contributed by atoms with Gasteiger partial charge >= 0.3 is 0 Å². The van der Waals surface area contributed by atoms with Crippen molar-refractivity contribution in [1.29, 1.82) is 0 Å². The third-order valence-electron chi connectivity index (χ3n) is 1.41. The zero-order chi connectivity index (χ0) is 7.61. The Labute approximate surface area is 62.0 Å². The fourth-order valence-corrected chi connectivity index (χ4v) is 1.04. The van der Waals surface area contributed by atoms with Crippen molar-refractivity contribution in [3.8, 4) is 0 Å². The summed E-state index contributed by atoms with van der Waals surface area (Å²) >= 11 is 0. The first-order valence-corrected chi connectivity index (χ1v) is 3.64. The van der Waals surface area contributed by atoms with Crippen LogP contribution in [-0.2, 0) is 0 Å². The number of azo groups is 1. The molecule has 1 heterocycles. The molecule has 0 aromatic rings. The quantitative estimate of drug-likeness (QED) is 0.532. The van der Waals surface area contributed by atoms with Crippen LogP contribution in [0.2, 0.25) is 0 Å². The monoisotopic (exact) mass is 138 g/mol. The molecule has 2 nitrogen and oxygen atoms in total. The summed E-state index contributed by atoms with van der Waals surface area (Å²) in [5, 5.41) is 7.83. The third-order valence-corrected chi connectivity index (χ3v) is 1.41. The van der Waals surface area contributed by atoms with Crippen molar-refractivity contribution >= 4 is 0 Å². The van der Waals surface area contributed by atoms with Gasteiger partial charge < -0.3 is 0 Å². The average molecular weight is 138 g/mol. The molecule has 0 bridgehead atoms. The van der Waals surface area contributed by atoms with E-state index >= 15 is 0 Å². The van der Waals surface area contributed by atoms with Gasteiger partial charge in [0.25, 0.3) is 0 Å². The van der Waals surface area contributed by atoms with Crippen LogP contribution in [0.4, 0.5) is 0 Å². The molecule has 0 saturated carbocycles. The third kappa shape index (κ3) is 2.29. The van der Waals surface area contributed by atoms with Gasteiger partial charge in [-0.05, 0) is 17.9 Å². The maximum Gasteiger partial charge on any atom is 0.0916 e. The van der Waals surface area contributed by atoms with Gasteiger partial charge in [-0.15, -0.1) is 0 Å². The van der Waals surface area contributed by atoms with E-state index in [4.69, 9.17) is 0 Å². The molecular formula is C8H14N2. The van der Waals surface area contributed by atoms with Crippen LogP contribution >= 0.6 is 0 Å². The minimum Gasteiger partial charge on any atom is -0.182 e. The predicted molar refractivity (Wildman–Crippen MR) is 41.9 cm³/mol. The van der Waals surface area contributed by atoms with E-state index in [2.05, 4.69) is 31.0 Å². The first-order chi connectivity index (χ1) is 4.58. The largest absolute Gasteiger partial charge is 0.182 e. The fourth-order valence-electron chi connectivity index (χ4n) is 1.04. The molecule has 0 N–H and O–H groups in total. The lowest BCUT2D eigenvalue weighted by Gasteiger charge is -2.18. The Bertz CT molecular complexity index is 151. The molecule has 2 heteroatoms. The van der Waals surface area contributed by atoms with Gasteiger partial charge in [-0.2, -0.15) is 10.2 Å². The topological polar surface area (TPSA) is 24.7 Å². The van der Waals surface area contributed by atoms with Gasteiger partial charge in [-0.3, -0.25) is 0 Å². The van der Waals surface area contributed by atoms with Gasteiger partial charge in [0.05, 0.1) is 6.04 Å². The van der Waals surface area contributed by atoms with E-state index < -0.39 is 0 Å². The van der Waals surface area contributed by atoms with Crippen LogP contribution in [-0.4, -0.2) is 6.04 Å². The lowest BCUT2D eigenvalue weighted by molar-refractivity contribution is 0.360. The SMILES string of the molecule is CC(C)(C)CC1C=CN=N1. The molecule has 1 unspecified atom stereocenters. The summed E-state index contributed by atoms with van der Waals surface area (Å²) in [6, 6.07) is 0.333. The number of hydrogen-bond acceptors (Lipinski definition) is 2. The summed E-state index contributed by atoms with van der Waals surface area (Å²) in [6.07, 6.45) is 4.91. The van der Waals surface area contributed by atoms with Crippen molar-refractivity contribution in [3.63, 3.8) is 0 Å². The Hall–Kier alpha value is -0.660. The summed E-state index contributed by atoms with van der Waals surface area (Å²) in [4.78, 5) is 0. The summed E-state index contributed by atoms with van der Waals surface area (Å²) in [7, 11) is 0. The lowest BCUT2D eigenvalue weighted by Crippen LogP contribution is -2.12. The molecule has 1 atom stereocenters. The van der Waals surface area contributed by atoms with Crippen LogP contribution in [0.25, 0.3) is 0 Å². The van der Waals surface area contributed by atoms with Gasteiger partial charge in [-0.1, -0.05) is 20.8 Å². The number of nitrogens with zero attached hydrogens (tertiary/aromatic N) is 2. The Morgan fingerprint density at radius 1 is 1.40 bits per heavy atom. The molecule has 1 aliphatic rings. The highest BCUT2D eigenvalue weighted by Crippen LogP contribution is 2.24. The van der Waals surface area contributed by atoms with Gasteiger partial charge in [-0.25, -0.2) is 0 Å². The molecule has 1 rings (SSSR count). The second kappa shape index (κ2) is 2.52.